The molecule has 0 bridgehead atoms. The summed E-state index contributed by atoms with van der Waals surface area (Å²) in [7, 11) is 0. The Morgan fingerprint density at radius 3 is 2.48 bits per heavy atom. The number of rotatable bonds is 5. The molecule has 2 fully saturated rings. The van der Waals surface area contributed by atoms with Crippen LogP contribution in [-0.4, -0.2) is 62.4 Å². The summed E-state index contributed by atoms with van der Waals surface area (Å²) in [6, 6.07) is 8.80. The van der Waals surface area contributed by atoms with Crippen molar-refractivity contribution in [3.05, 3.63) is 42.9 Å². The third kappa shape index (κ3) is 3.88. The summed E-state index contributed by atoms with van der Waals surface area (Å²) in [6.07, 6.45) is 10.7. The highest BCUT2D eigenvalue weighted by molar-refractivity contribution is 6.03. The quantitative estimate of drug-likeness (QED) is 0.492. The molecule has 4 aromatic rings. The maximum atomic E-state index is 4.89. The molecule has 1 aliphatic heterocycles. The number of anilines is 3. The Labute approximate surface area is 193 Å². The lowest BCUT2D eigenvalue weighted by Gasteiger charge is -2.35. The third-order valence-corrected chi connectivity index (χ3v) is 7.15. The van der Waals surface area contributed by atoms with Crippen LogP contribution in [0.3, 0.4) is 0 Å². The highest BCUT2D eigenvalue weighted by Crippen LogP contribution is 2.34. The zero-order chi connectivity index (χ0) is 22.2. The van der Waals surface area contributed by atoms with E-state index in [0.29, 0.717) is 12.0 Å². The van der Waals surface area contributed by atoms with Crippen molar-refractivity contribution in [2.24, 2.45) is 0 Å². The topological polar surface area (TPSA) is 75.0 Å². The minimum atomic E-state index is 0.466. The van der Waals surface area contributed by atoms with Gasteiger partial charge in [0.25, 0.3) is 0 Å². The van der Waals surface area contributed by atoms with Crippen molar-refractivity contribution in [1.29, 1.82) is 0 Å². The van der Waals surface area contributed by atoms with Crippen LogP contribution in [0, 0.1) is 0 Å². The van der Waals surface area contributed by atoms with E-state index in [0.717, 1.165) is 66.0 Å². The van der Waals surface area contributed by atoms with Gasteiger partial charge in [-0.2, -0.15) is 5.10 Å². The Balaban J connectivity index is 1.26. The molecule has 3 aromatic heterocycles. The monoisotopic (exact) mass is 442 g/mol. The third-order valence-electron chi connectivity index (χ3n) is 7.15. The fourth-order valence-electron chi connectivity index (χ4n) is 5.19. The largest absolute Gasteiger partial charge is 0.368 e. The predicted octanol–water partition coefficient (Wildman–Crippen LogP) is 4.38. The van der Waals surface area contributed by atoms with Crippen molar-refractivity contribution < 1.29 is 0 Å². The van der Waals surface area contributed by atoms with Crippen LogP contribution in [0.4, 0.5) is 17.5 Å². The molecule has 0 amide bonds. The lowest BCUT2D eigenvalue weighted by Crippen LogP contribution is -2.46. The highest BCUT2D eigenvalue weighted by atomic mass is 15.3. The predicted molar refractivity (Wildman–Crippen MR) is 132 cm³/mol. The normalized spacial score (nSPS) is 17.9. The van der Waals surface area contributed by atoms with Gasteiger partial charge < -0.3 is 15.1 Å². The van der Waals surface area contributed by atoms with E-state index in [2.05, 4.69) is 54.9 Å². The van der Waals surface area contributed by atoms with Gasteiger partial charge in [0.1, 0.15) is 11.3 Å². The van der Waals surface area contributed by atoms with Crippen LogP contribution < -0.4 is 10.2 Å². The number of nitrogens with zero attached hydrogens (tertiary/aromatic N) is 7. The van der Waals surface area contributed by atoms with Crippen LogP contribution in [0.1, 0.15) is 38.6 Å². The first-order valence-corrected chi connectivity index (χ1v) is 12.1. The van der Waals surface area contributed by atoms with E-state index in [9.17, 15) is 0 Å². The van der Waals surface area contributed by atoms with E-state index in [1.807, 2.05) is 24.7 Å². The maximum Gasteiger partial charge on any atom is 0.228 e. The van der Waals surface area contributed by atoms with Crippen molar-refractivity contribution in [3.63, 3.8) is 0 Å². The molecule has 6 rings (SSSR count). The van der Waals surface area contributed by atoms with E-state index < -0.39 is 0 Å². The molecule has 1 saturated heterocycles. The number of likely N-dealkylation sites (N-methyl/N-ethyl adjacent to an activating group) is 1. The molecule has 0 unspecified atom stereocenters. The van der Waals surface area contributed by atoms with Crippen molar-refractivity contribution >= 4 is 39.3 Å². The summed E-state index contributed by atoms with van der Waals surface area (Å²) in [5, 5.41) is 10.2. The minimum Gasteiger partial charge on any atom is -0.368 e. The summed E-state index contributed by atoms with van der Waals surface area (Å²) in [6.45, 7) is 7.64. The minimum absolute atomic E-state index is 0.466. The molecule has 170 valence electrons. The van der Waals surface area contributed by atoms with Gasteiger partial charge in [-0.25, -0.2) is 15.0 Å². The summed E-state index contributed by atoms with van der Waals surface area (Å²) >= 11 is 0. The lowest BCUT2D eigenvalue weighted by molar-refractivity contribution is 0.271. The zero-order valence-electron chi connectivity index (χ0n) is 19.1. The number of fused-ring (bicyclic) bond motifs is 3. The van der Waals surface area contributed by atoms with E-state index in [1.54, 1.807) is 0 Å². The van der Waals surface area contributed by atoms with Crippen molar-refractivity contribution in [3.8, 4) is 0 Å². The molecule has 8 heteroatoms. The number of hydrogen-bond acceptors (Lipinski definition) is 7. The molecular weight excluding hydrogens is 412 g/mol. The van der Waals surface area contributed by atoms with Crippen LogP contribution in [0.15, 0.2) is 42.9 Å². The molecule has 0 atom stereocenters. The van der Waals surface area contributed by atoms with Gasteiger partial charge in [-0.3, -0.25) is 4.68 Å². The van der Waals surface area contributed by atoms with E-state index in [-0.39, 0.29) is 0 Å². The fourth-order valence-corrected chi connectivity index (χ4v) is 5.19. The number of benzene rings is 1. The first kappa shape index (κ1) is 20.4. The van der Waals surface area contributed by atoms with Gasteiger partial charge in [-0.1, -0.05) is 31.9 Å². The molecule has 1 aliphatic carbocycles. The zero-order valence-corrected chi connectivity index (χ0v) is 19.1. The second-order valence-electron chi connectivity index (χ2n) is 9.11. The average Bonchev–Trinajstić information content (AvgIpc) is 3.55. The summed E-state index contributed by atoms with van der Waals surface area (Å²) in [5.74, 6) is 1.31. The lowest BCUT2D eigenvalue weighted by atomic mass is 10.1. The smallest absolute Gasteiger partial charge is 0.228 e. The second-order valence-corrected chi connectivity index (χ2v) is 9.11. The standard InChI is InChI=1S/C25H30N8/c1-2-31-11-13-32(14-12-31)21-9-10-22(26-17-21)29-25-27-15-18-7-8-19-16-28-33(20-5-3-4-6-20)24(19)23(18)30-25/h7-10,15-17,20H,2-6,11-14H2,1H3,(H,26,27,29,30). The van der Waals surface area contributed by atoms with Crippen LogP contribution in [0.2, 0.25) is 0 Å². The Morgan fingerprint density at radius 1 is 0.909 bits per heavy atom. The molecule has 33 heavy (non-hydrogen) atoms. The van der Waals surface area contributed by atoms with Gasteiger partial charge in [0, 0.05) is 43.1 Å². The average molecular weight is 443 g/mol. The van der Waals surface area contributed by atoms with Gasteiger partial charge in [-0.05, 0) is 31.5 Å². The molecule has 4 heterocycles. The number of nitrogens with one attached hydrogen (secondary N) is 1. The summed E-state index contributed by atoms with van der Waals surface area (Å²) in [4.78, 5) is 19.0. The molecule has 1 saturated carbocycles. The number of pyridine rings is 1. The van der Waals surface area contributed by atoms with Gasteiger partial charge in [0.15, 0.2) is 0 Å². The summed E-state index contributed by atoms with van der Waals surface area (Å²) in [5.41, 5.74) is 3.22. The number of hydrogen-bond donors (Lipinski definition) is 1. The fraction of sp³-hybridized carbons (Fsp3) is 0.440. The molecule has 1 aromatic carbocycles. The number of aromatic nitrogens is 5. The Kier molecular flexibility index (Phi) is 5.30. The van der Waals surface area contributed by atoms with Gasteiger partial charge in [-0.15, -0.1) is 0 Å². The van der Waals surface area contributed by atoms with Crippen molar-refractivity contribution in [1.82, 2.24) is 29.6 Å². The van der Waals surface area contributed by atoms with Gasteiger partial charge >= 0.3 is 0 Å². The van der Waals surface area contributed by atoms with E-state index >= 15 is 0 Å². The van der Waals surface area contributed by atoms with E-state index in [4.69, 9.17) is 10.1 Å². The SMILES string of the molecule is CCN1CCN(c2ccc(Nc3ncc4ccc5cnn(C6CCCC6)c5c4n3)nc2)CC1. The summed E-state index contributed by atoms with van der Waals surface area (Å²) < 4.78 is 2.19. The van der Waals surface area contributed by atoms with Crippen molar-refractivity contribution in [2.75, 3.05) is 42.9 Å². The van der Waals surface area contributed by atoms with Gasteiger partial charge in [0.05, 0.1) is 29.6 Å². The van der Waals surface area contributed by atoms with Crippen LogP contribution in [0.25, 0.3) is 21.8 Å². The molecule has 0 radical (unpaired) electrons. The second kappa shape index (κ2) is 8.59. The van der Waals surface area contributed by atoms with Crippen molar-refractivity contribution in [2.45, 2.75) is 38.6 Å². The van der Waals surface area contributed by atoms with Crippen LogP contribution in [-0.2, 0) is 0 Å². The highest BCUT2D eigenvalue weighted by Gasteiger charge is 2.21. The van der Waals surface area contributed by atoms with Gasteiger partial charge in [0.2, 0.25) is 5.95 Å². The van der Waals surface area contributed by atoms with E-state index in [1.165, 1.54) is 25.7 Å². The maximum absolute atomic E-state index is 4.89. The first-order chi connectivity index (χ1) is 16.3. The Bertz CT molecular complexity index is 1250. The Morgan fingerprint density at radius 2 is 1.73 bits per heavy atom. The van der Waals surface area contributed by atoms with Crippen LogP contribution in [0.5, 0.6) is 0 Å². The molecule has 8 nitrogen and oxygen atoms in total. The first-order valence-electron chi connectivity index (χ1n) is 12.1. The molecule has 0 spiro atoms. The van der Waals surface area contributed by atoms with Crippen LogP contribution >= 0.6 is 0 Å². The molecular formula is C25H30N8. The molecule has 2 aliphatic rings. The number of piperazine rings is 1. The molecule has 1 N–H and O–H groups in total. The Hall–Kier alpha value is -3.26.